The Balaban J connectivity index is 1.07. The highest BCUT2D eigenvalue weighted by molar-refractivity contribution is 5.82. The number of nitrogens with zero attached hydrogens (tertiary/aromatic N) is 1. The van der Waals surface area contributed by atoms with E-state index in [0.29, 0.717) is 30.4 Å². The van der Waals surface area contributed by atoms with E-state index in [1.807, 2.05) is 6.92 Å². The Morgan fingerprint density at radius 3 is 2.67 bits per heavy atom. The summed E-state index contributed by atoms with van der Waals surface area (Å²) in [6.07, 6.45) is 12.2. The third-order valence-corrected chi connectivity index (χ3v) is 8.54. The minimum atomic E-state index is -0.00625. The molecule has 4 fully saturated rings. The first kappa shape index (κ1) is 24.9. The molecule has 0 aromatic heterocycles. The van der Waals surface area contributed by atoms with Crippen LogP contribution in [-0.2, 0) is 14.3 Å². The number of fused-ring (bicyclic) bond motifs is 1. The fourth-order valence-corrected chi connectivity index (χ4v) is 6.56. The van der Waals surface area contributed by atoms with Gasteiger partial charge in [-0.1, -0.05) is 25.7 Å². The van der Waals surface area contributed by atoms with Crippen molar-refractivity contribution in [2.45, 2.75) is 95.7 Å². The van der Waals surface area contributed by atoms with E-state index in [9.17, 15) is 9.59 Å². The van der Waals surface area contributed by atoms with Gasteiger partial charge in [0, 0.05) is 32.3 Å². The number of rotatable bonds is 9. The number of hydrogen-bond acceptors (Lipinski definition) is 5. The number of piperidine rings is 2. The number of nitrogens with one attached hydrogen (secondary N) is 3. The number of ether oxygens (including phenoxy) is 1. The molecule has 5 atom stereocenters. The molecule has 3 aliphatic heterocycles. The van der Waals surface area contributed by atoms with Crippen LogP contribution in [0, 0.1) is 17.8 Å². The molecule has 0 bridgehead atoms. The zero-order valence-electron chi connectivity index (χ0n) is 20.7. The van der Waals surface area contributed by atoms with Gasteiger partial charge < -0.3 is 25.6 Å². The van der Waals surface area contributed by atoms with Crippen LogP contribution in [0.1, 0.15) is 77.6 Å². The zero-order chi connectivity index (χ0) is 23.0. The molecule has 4 rings (SSSR count). The van der Waals surface area contributed by atoms with Gasteiger partial charge in [-0.15, -0.1) is 0 Å². The summed E-state index contributed by atoms with van der Waals surface area (Å²) in [5.41, 5.74) is 0. The van der Waals surface area contributed by atoms with Crippen LogP contribution in [0.25, 0.3) is 0 Å². The quantitative estimate of drug-likeness (QED) is 0.459. The Bertz CT molecular complexity index is 621. The first-order valence-electron chi connectivity index (χ1n) is 13.8. The van der Waals surface area contributed by atoms with Gasteiger partial charge in [0.2, 0.25) is 11.8 Å². The molecule has 4 aliphatic rings. The Morgan fingerprint density at radius 1 is 1.06 bits per heavy atom. The predicted octanol–water partition coefficient (Wildman–Crippen LogP) is 2.45. The molecule has 33 heavy (non-hydrogen) atoms. The van der Waals surface area contributed by atoms with Crippen LogP contribution in [0.2, 0.25) is 0 Å². The van der Waals surface area contributed by atoms with Crippen LogP contribution >= 0.6 is 0 Å². The second-order valence-corrected chi connectivity index (χ2v) is 10.8. The predicted molar refractivity (Wildman–Crippen MR) is 130 cm³/mol. The number of carbonyl (C=O) groups excluding carboxylic acids is 2. The van der Waals surface area contributed by atoms with Gasteiger partial charge in [0.05, 0.1) is 18.1 Å². The third kappa shape index (κ3) is 6.70. The van der Waals surface area contributed by atoms with E-state index in [4.69, 9.17) is 4.74 Å². The van der Waals surface area contributed by atoms with E-state index in [2.05, 4.69) is 20.9 Å². The number of likely N-dealkylation sites (tertiary alicyclic amines) is 1. The summed E-state index contributed by atoms with van der Waals surface area (Å²) in [6, 6.07) is 0.510. The van der Waals surface area contributed by atoms with Crippen molar-refractivity contribution < 1.29 is 14.3 Å². The van der Waals surface area contributed by atoms with Crippen molar-refractivity contribution in [3.05, 3.63) is 0 Å². The van der Waals surface area contributed by atoms with Gasteiger partial charge in [-0.3, -0.25) is 9.59 Å². The van der Waals surface area contributed by atoms with Gasteiger partial charge in [-0.05, 0) is 76.8 Å². The summed E-state index contributed by atoms with van der Waals surface area (Å²) in [5, 5.41) is 10.1. The first-order chi connectivity index (χ1) is 16.2. The van der Waals surface area contributed by atoms with Gasteiger partial charge in [0.1, 0.15) is 0 Å². The molecule has 0 aromatic carbocycles. The highest BCUT2D eigenvalue weighted by atomic mass is 16.5. The van der Waals surface area contributed by atoms with Crippen LogP contribution in [0.5, 0.6) is 0 Å². The minimum Gasteiger partial charge on any atom is -0.378 e. The van der Waals surface area contributed by atoms with Crippen molar-refractivity contribution in [2.75, 3.05) is 39.3 Å². The SMILES string of the molecule is CCOC1CCCCC1C(=O)N1CCC(CCCCNC(=O)C2CC3CNCCC3N2)CC1. The average molecular weight is 463 g/mol. The summed E-state index contributed by atoms with van der Waals surface area (Å²) < 4.78 is 5.89. The van der Waals surface area contributed by atoms with Crippen LogP contribution in [0.3, 0.4) is 0 Å². The van der Waals surface area contributed by atoms with E-state index >= 15 is 0 Å². The van der Waals surface area contributed by atoms with Gasteiger partial charge in [-0.2, -0.15) is 0 Å². The molecule has 7 nitrogen and oxygen atoms in total. The molecular formula is C26H46N4O3. The summed E-state index contributed by atoms with van der Waals surface area (Å²) >= 11 is 0. The molecule has 2 amide bonds. The molecule has 3 N–H and O–H groups in total. The fraction of sp³-hybridized carbons (Fsp3) is 0.923. The highest BCUT2D eigenvalue weighted by Crippen LogP contribution is 2.31. The lowest BCUT2D eigenvalue weighted by atomic mass is 9.84. The summed E-state index contributed by atoms with van der Waals surface area (Å²) in [6.45, 7) is 7.42. The van der Waals surface area contributed by atoms with E-state index < -0.39 is 0 Å². The molecule has 0 aromatic rings. The molecular weight excluding hydrogens is 416 g/mol. The normalized spacial score (nSPS) is 33.0. The minimum absolute atomic E-state index is 0.00625. The van der Waals surface area contributed by atoms with Crippen LogP contribution in [0.4, 0.5) is 0 Å². The molecule has 0 radical (unpaired) electrons. The lowest BCUT2D eigenvalue weighted by Gasteiger charge is -2.38. The van der Waals surface area contributed by atoms with Gasteiger partial charge in [-0.25, -0.2) is 0 Å². The number of unbranched alkanes of at least 4 members (excludes halogenated alkanes) is 1. The van der Waals surface area contributed by atoms with Crippen molar-refractivity contribution in [1.82, 2.24) is 20.9 Å². The first-order valence-corrected chi connectivity index (χ1v) is 13.8. The second kappa shape index (κ2) is 12.5. The van der Waals surface area contributed by atoms with Gasteiger partial charge in [0.25, 0.3) is 0 Å². The Hall–Kier alpha value is -1.18. The summed E-state index contributed by atoms with van der Waals surface area (Å²) in [7, 11) is 0. The molecule has 7 heteroatoms. The van der Waals surface area contributed by atoms with Crippen molar-refractivity contribution >= 4 is 11.8 Å². The van der Waals surface area contributed by atoms with Crippen molar-refractivity contribution in [1.29, 1.82) is 0 Å². The van der Waals surface area contributed by atoms with E-state index in [-0.39, 0.29) is 24.0 Å². The topological polar surface area (TPSA) is 82.7 Å². The smallest absolute Gasteiger partial charge is 0.237 e. The van der Waals surface area contributed by atoms with E-state index in [0.717, 1.165) is 90.5 Å². The average Bonchev–Trinajstić information content (AvgIpc) is 3.29. The molecule has 1 aliphatic carbocycles. The third-order valence-electron chi connectivity index (χ3n) is 8.54. The standard InChI is InChI=1S/C26H46N4O3/c1-2-33-24-9-4-3-8-21(24)26(32)30-15-11-19(12-16-30)7-5-6-13-28-25(31)23-17-20-18-27-14-10-22(20)29-23/h19-24,27,29H,2-18H2,1H3,(H,28,31). The zero-order valence-corrected chi connectivity index (χ0v) is 20.7. The fourth-order valence-electron chi connectivity index (χ4n) is 6.56. The number of carbonyl (C=O) groups is 2. The monoisotopic (exact) mass is 462 g/mol. The van der Waals surface area contributed by atoms with Crippen molar-refractivity contribution in [3.8, 4) is 0 Å². The van der Waals surface area contributed by atoms with Gasteiger partial charge in [0.15, 0.2) is 0 Å². The molecule has 5 unspecified atom stereocenters. The summed E-state index contributed by atoms with van der Waals surface area (Å²) in [5.74, 6) is 1.92. The molecule has 0 spiro atoms. The summed E-state index contributed by atoms with van der Waals surface area (Å²) in [4.78, 5) is 27.7. The van der Waals surface area contributed by atoms with Crippen LogP contribution in [0.15, 0.2) is 0 Å². The molecule has 1 saturated carbocycles. The van der Waals surface area contributed by atoms with E-state index in [1.165, 1.54) is 12.8 Å². The second-order valence-electron chi connectivity index (χ2n) is 10.8. The lowest BCUT2D eigenvalue weighted by molar-refractivity contribution is -0.144. The van der Waals surface area contributed by atoms with Crippen molar-refractivity contribution in [2.24, 2.45) is 17.8 Å². The molecule has 188 valence electrons. The maximum atomic E-state index is 13.1. The largest absolute Gasteiger partial charge is 0.378 e. The number of amides is 2. The Morgan fingerprint density at radius 2 is 1.88 bits per heavy atom. The van der Waals surface area contributed by atoms with Crippen molar-refractivity contribution in [3.63, 3.8) is 0 Å². The maximum absolute atomic E-state index is 13.1. The molecule has 3 saturated heterocycles. The lowest BCUT2D eigenvalue weighted by Crippen LogP contribution is -2.46. The van der Waals surface area contributed by atoms with Crippen LogP contribution in [-0.4, -0.2) is 74.2 Å². The van der Waals surface area contributed by atoms with E-state index in [1.54, 1.807) is 0 Å². The Labute approximate surface area is 200 Å². The van der Waals surface area contributed by atoms with Gasteiger partial charge >= 0.3 is 0 Å². The molecule has 3 heterocycles. The Kier molecular flexibility index (Phi) is 9.44. The highest BCUT2D eigenvalue weighted by Gasteiger charge is 2.38. The number of hydrogen-bond donors (Lipinski definition) is 3. The maximum Gasteiger partial charge on any atom is 0.237 e. The van der Waals surface area contributed by atoms with Crippen LogP contribution < -0.4 is 16.0 Å².